The predicted molar refractivity (Wildman–Crippen MR) is 107 cm³/mol. The summed E-state index contributed by atoms with van der Waals surface area (Å²) >= 11 is 6.54. The fraction of sp³-hybridized carbons (Fsp3) is 0.200. The summed E-state index contributed by atoms with van der Waals surface area (Å²) in [5.41, 5.74) is 3.72. The molecule has 26 heavy (non-hydrogen) atoms. The number of halogens is 1. The summed E-state index contributed by atoms with van der Waals surface area (Å²) in [6.45, 7) is 2.50. The van der Waals surface area contributed by atoms with Gasteiger partial charge in [-0.1, -0.05) is 41.9 Å². The molecule has 0 N–H and O–H groups in total. The first-order valence-corrected chi connectivity index (χ1v) is 8.65. The van der Waals surface area contributed by atoms with Gasteiger partial charge in [-0.3, -0.25) is 5.01 Å². The average Bonchev–Trinajstić information content (AvgIpc) is 2.93. The zero-order valence-corrected chi connectivity index (χ0v) is 15.8. The summed E-state index contributed by atoms with van der Waals surface area (Å²) in [6.07, 6.45) is 1.75. The number of hydrogen-bond acceptors (Lipinski definition) is 4. The SMILES string of the molecule is COc1cccc(Cn2nc(C)c(/C=N/N(C)c3ccccc3)c2Cl)c1. The van der Waals surface area contributed by atoms with Gasteiger partial charge in [0.05, 0.1) is 36.8 Å². The Morgan fingerprint density at radius 3 is 2.69 bits per heavy atom. The molecule has 0 radical (unpaired) electrons. The summed E-state index contributed by atoms with van der Waals surface area (Å²) in [6, 6.07) is 17.8. The van der Waals surface area contributed by atoms with Crippen molar-refractivity contribution in [2.75, 3.05) is 19.2 Å². The minimum Gasteiger partial charge on any atom is -0.497 e. The van der Waals surface area contributed by atoms with Crippen LogP contribution in [0.15, 0.2) is 59.7 Å². The minimum absolute atomic E-state index is 0.565. The Hall–Kier alpha value is -2.79. The van der Waals surface area contributed by atoms with E-state index in [0.717, 1.165) is 28.3 Å². The lowest BCUT2D eigenvalue weighted by atomic mass is 10.2. The van der Waals surface area contributed by atoms with Gasteiger partial charge in [-0.15, -0.1) is 0 Å². The van der Waals surface area contributed by atoms with E-state index in [2.05, 4.69) is 10.2 Å². The summed E-state index contributed by atoms with van der Waals surface area (Å²) in [7, 11) is 3.55. The number of aromatic nitrogens is 2. The maximum atomic E-state index is 6.54. The fourth-order valence-corrected chi connectivity index (χ4v) is 2.90. The molecule has 0 aliphatic heterocycles. The van der Waals surface area contributed by atoms with Crippen molar-refractivity contribution >= 4 is 23.5 Å². The first-order chi connectivity index (χ1) is 12.6. The zero-order chi connectivity index (χ0) is 18.5. The zero-order valence-electron chi connectivity index (χ0n) is 15.1. The Balaban J connectivity index is 1.80. The third kappa shape index (κ3) is 4.06. The third-order valence-electron chi connectivity index (χ3n) is 4.07. The maximum absolute atomic E-state index is 6.54. The topological polar surface area (TPSA) is 42.6 Å². The van der Waals surface area contributed by atoms with E-state index in [4.69, 9.17) is 16.3 Å². The van der Waals surface area contributed by atoms with Gasteiger partial charge in [-0.25, -0.2) is 4.68 Å². The van der Waals surface area contributed by atoms with E-state index in [1.165, 1.54) is 0 Å². The number of methoxy groups -OCH3 is 1. The molecular weight excluding hydrogens is 348 g/mol. The number of aryl methyl sites for hydroxylation is 1. The van der Waals surface area contributed by atoms with E-state index >= 15 is 0 Å². The molecule has 0 saturated carbocycles. The van der Waals surface area contributed by atoms with Crippen molar-refractivity contribution in [2.24, 2.45) is 5.10 Å². The van der Waals surface area contributed by atoms with Crippen molar-refractivity contribution in [1.29, 1.82) is 0 Å². The van der Waals surface area contributed by atoms with E-state index in [-0.39, 0.29) is 0 Å². The molecular formula is C20H21ClN4O. The Bertz CT molecular complexity index is 905. The van der Waals surface area contributed by atoms with Crippen molar-refractivity contribution in [3.05, 3.63) is 76.6 Å². The van der Waals surface area contributed by atoms with Crippen LogP contribution in [-0.4, -0.2) is 30.2 Å². The normalized spacial score (nSPS) is 11.1. The summed E-state index contributed by atoms with van der Waals surface area (Å²) < 4.78 is 7.04. The van der Waals surface area contributed by atoms with E-state index in [0.29, 0.717) is 11.7 Å². The number of benzene rings is 2. The molecule has 0 spiro atoms. The number of rotatable bonds is 6. The van der Waals surface area contributed by atoms with Gasteiger partial charge < -0.3 is 4.74 Å². The van der Waals surface area contributed by atoms with Gasteiger partial charge in [0, 0.05) is 7.05 Å². The Labute approximate surface area is 158 Å². The van der Waals surface area contributed by atoms with Gasteiger partial charge in [0.15, 0.2) is 0 Å². The largest absolute Gasteiger partial charge is 0.497 e. The molecule has 0 unspecified atom stereocenters. The third-order valence-corrected chi connectivity index (χ3v) is 4.46. The molecule has 2 aromatic carbocycles. The smallest absolute Gasteiger partial charge is 0.136 e. The minimum atomic E-state index is 0.565. The molecule has 3 aromatic rings. The number of para-hydroxylation sites is 1. The average molecular weight is 369 g/mol. The number of anilines is 1. The van der Waals surface area contributed by atoms with Gasteiger partial charge in [-0.05, 0) is 36.8 Å². The molecule has 0 fully saturated rings. The van der Waals surface area contributed by atoms with Crippen LogP contribution in [0.5, 0.6) is 5.75 Å². The highest BCUT2D eigenvalue weighted by atomic mass is 35.5. The molecule has 134 valence electrons. The van der Waals surface area contributed by atoms with Crippen LogP contribution in [0.3, 0.4) is 0 Å². The van der Waals surface area contributed by atoms with Gasteiger partial charge in [-0.2, -0.15) is 10.2 Å². The molecule has 0 aliphatic carbocycles. The lowest BCUT2D eigenvalue weighted by Gasteiger charge is -2.12. The second kappa shape index (κ2) is 8.06. The van der Waals surface area contributed by atoms with E-state index in [1.807, 2.05) is 68.6 Å². The van der Waals surface area contributed by atoms with Crippen LogP contribution >= 0.6 is 11.6 Å². The van der Waals surface area contributed by atoms with Crippen LogP contribution in [0, 0.1) is 6.92 Å². The molecule has 3 rings (SSSR count). The number of hydrogen-bond donors (Lipinski definition) is 0. The molecule has 1 heterocycles. The second-order valence-corrected chi connectivity index (χ2v) is 6.26. The van der Waals surface area contributed by atoms with Gasteiger partial charge >= 0.3 is 0 Å². The van der Waals surface area contributed by atoms with Crippen molar-refractivity contribution in [3.8, 4) is 5.75 Å². The first kappa shape index (κ1) is 18.0. The van der Waals surface area contributed by atoms with Gasteiger partial charge in [0.25, 0.3) is 0 Å². The van der Waals surface area contributed by atoms with Crippen molar-refractivity contribution < 1.29 is 4.74 Å². The monoisotopic (exact) mass is 368 g/mol. The number of nitrogens with zero attached hydrogens (tertiary/aromatic N) is 4. The van der Waals surface area contributed by atoms with Crippen molar-refractivity contribution in [3.63, 3.8) is 0 Å². The highest BCUT2D eigenvalue weighted by Crippen LogP contribution is 2.21. The standard InChI is InChI=1S/C20H21ClN4O/c1-15-19(13-22-24(2)17-9-5-4-6-10-17)20(21)25(23-15)14-16-8-7-11-18(12-16)26-3/h4-13H,14H2,1-3H3/b22-13+. The van der Waals surface area contributed by atoms with E-state index < -0.39 is 0 Å². The first-order valence-electron chi connectivity index (χ1n) is 8.27. The quantitative estimate of drug-likeness (QED) is 0.479. The van der Waals surface area contributed by atoms with E-state index in [9.17, 15) is 0 Å². The molecule has 0 aliphatic rings. The van der Waals surface area contributed by atoms with Crippen molar-refractivity contribution in [1.82, 2.24) is 9.78 Å². The molecule has 0 saturated heterocycles. The highest BCUT2D eigenvalue weighted by Gasteiger charge is 2.12. The molecule has 5 nitrogen and oxygen atoms in total. The van der Waals surface area contributed by atoms with Crippen LogP contribution in [0.2, 0.25) is 5.15 Å². The van der Waals surface area contributed by atoms with Crippen LogP contribution < -0.4 is 9.75 Å². The molecule has 0 atom stereocenters. The lowest BCUT2D eigenvalue weighted by molar-refractivity contribution is 0.414. The van der Waals surface area contributed by atoms with Crippen LogP contribution in [0.25, 0.3) is 0 Å². The fourth-order valence-electron chi connectivity index (χ4n) is 2.62. The Kier molecular flexibility index (Phi) is 5.58. The van der Waals surface area contributed by atoms with Crippen molar-refractivity contribution in [2.45, 2.75) is 13.5 Å². The summed E-state index contributed by atoms with van der Waals surface area (Å²) in [5, 5.41) is 11.4. The Morgan fingerprint density at radius 2 is 1.96 bits per heavy atom. The highest BCUT2D eigenvalue weighted by molar-refractivity contribution is 6.32. The second-order valence-electron chi connectivity index (χ2n) is 5.90. The maximum Gasteiger partial charge on any atom is 0.136 e. The molecule has 0 bridgehead atoms. The molecule has 6 heteroatoms. The summed E-state index contributed by atoms with van der Waals surface area (Å²) in [4.78, 5) is 0. The molecule has 0 amide bonds. The van der Waals surface area contributed by atoms with Gasteiger partial charge in [0.1, 0.15) is 10.9 Å². The lowest BCUT2D eigenvalue weighted by Crippen LogP contribution is -2.08. The van der Waals surface area contributed by atoms with E-state index in [1.54, 1.807) is 23.0 Å². The number of ether oxygens (including phenoxy) is 1. The predicted octanol–water partition coefficient (Wildman–Crippen LogP) is 4.37. The molecule has 1 aromatic heterocycles. The Morgan fingerprint density at radius 1 is 1.19 bits per heavy atom. The van der Waals surface area contributed by atoms with Crippen LogP contribution in [-0.2, 0) is 6.54 Å². The van der Waals surface area contributed by atoms with Crippen LogP contribution in [0.1, 0.15) is 16.8 Å². The van der Waals surface area contributed by atoms with Gasteiger partial charge in [0.2, 0.25) is 0 Å². The van der Waals surface area contributed by atoms with Crippen LogP contribution in [0.4, 0.5) is 5.69 Å². The summed E-state index contributed by atoms with van der Waals surface area (Å²) in [5.74, 6) is 0.814. The number of hydrazone groups is 1.